The lowest BCUT2D eigenvalue weighted by Gasteiger charge is -2.22. The summed E-state index contributed by atoms with van der Waals surface area (Å²) in [5.74, 6) is -1.29. The Morgan fingerprint density at radius 1 is 1.38 bits per heavy atom. The number of aliphatic carboxylic acids is 1. The van der Waals surface area contributed by atoms with E-state index in [1.165, 1.54) is 6.08 Å². The van der Waals surface area contributed by atoms with Gasteiger partial charge < -0.3 is 19.9 Å². The summed E-state index contributed by atoms with van der Waals surface area (Å²) in [7, 11) is 0. The van der Waals surface area contributed by atoms with Gasteiger partial charge in [-0.2, -0.15) is 0 Å². The van der Waals surface area contributed by atoms with Gasteiger partial charge in [0.15, 0.2) is 6.10 Å². The highest BCUT2D eigenvalue weighted by atomic mass is 16.6. The Morgan fingerprint density at radius 3 is 2.86 bits per heavy atom. The van der Waals surface area contributed by atoms with Gasteiger partial charge in [0.2, 0.25) is 0 Å². The van der Waals surface area contributed by atoms with Crippen LogP contribution in [-0.4, -0.2) is 42.9 Å². The number of rotatable bonds is 4. The normalized spacial score (nSPS) is 18.6. The van der Waals surface area contributed by atoms with Crippen molar-refractivity contribution in [2.75, 3.05) is 25.1 Å². The molecule has 0 aliphatic carbocycles. The molecule has 1 aromatic rings. The standard InChI is InChI=1S/C15H17NO5/c1-10-2-3-11(4-5-14(17)18)8-12(10)16-15(19)13-9-20-6-7-21-13/h2-5,8,13H,6-7,9H2,1H3,(H,16,19)(H,17,18). The molecule has 2 rings (SSSR count). The first-order valence-corrected chi connectivity index (χ1v) is 6.58. The molecule has 0 radical (unpaired) electrons. The Balaban J connectivity index is 2.09. The summed E-state index contributed by atoms with van der Waals surface area (Å²) >= 11 is 0. The van der Waals surface area contributed by atoms with Crippen molar-refractivity contribution >= 4 is 23.6 Å². The largest absolute Gasteiger partial charge is 0.478 e. The minimum atomic E-state index is -1.02. The lowest BCUT2D eigenvalue weighted by molar-refractivity contribution is -0.142. The monoisotopic (exact) mass is 291 g/mol. The summed E-state index contributed by atoms with van der Waals surface area (Å²) in [6.07, 6.45) is 1.91. The molecule has 1 amide bonds. The number of hydrogen-bond donors (Lipinski definition) is 2. The van der Waals surface area contributed by atoms with Crippen molar-refractivity contribution in [2.24, 2.45) is 0 Å². The molecule has 6 nitrogen and oxygen atoms in total. The lowest BCUT2D eigenvalue weighted by atomic mass is 10.1. The Hall–Kier alpha value is -2.18. The van der Waals surface area contributed by atoms with Crippen LogP contribution in [-0.2, 0) is 19.1 Å². The van der Waals surface area contributed by atoms with E-state index in [-0.39, 0.29) is 12.5 Å². The van der Waals surface area contributed by atoms with Gasteiger partial charge in [-0.1, -0.05) is 12.1 Å². The first kappa shape index (κ1) is 15.2. The smallest absolute Gasteiger partial charge is 0.328 e. The molecule has 1 atom stereocenters. The van der Waals surface area contributed by atoms with E-state index in [0.29, 0.717) is 24.5 Å². The van der Waals surface area contributed by atoms with Gasteiger partial charge in [-0.25, -0.2) is 4.79 Å². The van der Waals surface area contributed by atoms with Gasteiger partial charge in [0.25, 0.3) is 5.91 Å². The number of ether oxygens (including phenoxy) is 2. The third-order valence-corrected chi connectivity index (χ3v) is 3.05. The third-order valence-electron chi connectivity index (χ3n) is 3.05. The fourth-order valence-electron chi connectivity index (χ4n) is 1.90. The Bertz CT molecular complexity index is 561. The molecule has 1 aliphatic rings. The molecule has 0 bridgehead atoms. The molecule has 21 heavy (non-hydrogen) atoms. The maximum absolute atomic E-state index is 12.1. The van der Waals surface area contributed by atoms with Gasteiger partial charge in [0.05, 0.1) is 19.8 Å². The van der Waals surface area contributed by atoms with E-state index in [1.807, 2.05) is 13.0 Å². The molecule has 1 saturated heterocycles. The van der Waals surface area contributed by atoms with E-state index in [9.17, 15) is 9.59 Å². The average molecular weight is 291 g/mol. The summed E-state index contributed by atoms with van der Waals surface area (Å²) in [5.41, 5.74) is 2.20. The van der Waals surface area contributed by atoms with Gasteiger partial charge in [0.1, 0.15) is 0 Å². The van der Waals surface area contributed by atoms with Crippen LogP contribution in [0.4, 0.5) is 5.69 Å². The van der Waals surface area contributed by atoms with Crippen LogP contribution in [0, 0.1) is 6.92 Å². The minimum absolute atomic E-state index is 0.240. The van der Waals surface area contributed by atoms with Crippen LogP contribution >= 0.6 is 0 Å². The molecule has 0 spiro atoms. The van der Waals surface area contributed by atoms with Gasteiger partial charge in [-0.3, -0.25) is 4.79 Å². The second-order valence-corrected chi connectivity index (χ2v) is 4.67. The van der Waals surface area contributed by atoms with E-state index >= 15 is 0 Å². The van der Waals surface area contributed by atoms with Crippen LogP contribution in [0.15, 0.2) is 24.3 Å². The van der Waals surface area contributed by atoms with Crippen molar-refractivity contribution in [1.29, 1.82) is 0 Å². The Morgan fingerprint density at radius 2 is 2.19 bits per heavy atom. The number of carboxylic acids is 1. The number of benzene rings is 1. The second kappa shape index (κ2) is 7.01. The van der Waals surface area contributed by atoms with Gasteiger partial charge in [-0.15, -0.1) is 0 Å². The fourth-order valence-corrected chi connectivity index (χ4v) is 1.90. The quantitative estimate of drug-likeness (QED) is 0.820. The molecule has 2 N–H and O–H groups in total. The lowest BCUT2D eigenvalue weighted by Crippen LogP contribution is -2.39. The summed E-state index contributed by atoms with van der Waals surface area (Å²) in [6.45, 7) is 3.00. The second-order valence-electron chi connectivity index (χ2n) is 4.67. The van der Waals surface area contributed by atoms with Crippen molar-refractivity contribution in [3.05, 3.63) is 35.4 Å². The number of amides is 1. The van der Waals surface area contributed by atoms with Crippen molar-refractivity contribution in [1.82, 2.24) is 0 Å². The maximum atomic E-state index is 12.1. The molecule has 1 aliphatic heterocycles. The van der Waals surface area contributed by atoms with Gasteiger partial charge in [0, 0.05) is 11.8 Å². The molecule has 1 aromatic carbocycles. The highest BCUT2D eigenvalue weighted by Gasteiger charge is 2.23. The topological polar surface area (TPSA) is 84.9 Å². The molecule has 1 unspecified atom stereocenters. The third kappa shape index (κ3) is 4.40. The zero-order chi connectivity index (χ0) is 15.2. The highest BCUT2D eigenvalue weighted by Crippen LogP contribution is 2.19. The number of carboxylic acid groups (broad SMARTS) is 1. The predicted octanol–water partition coefficient (Wildman–Crippen LogP) is 1.45. The number of nitrogens with one attached hydrogen (secondary N) is 1. The predicted molar refractivity (Wildman–Crippen MR) is 77.0 cm³/mol. The van der Waals surface area contributed by atoms with Crippen molar-refractivity contribution in [3.63, 3.8) is 0 Å². The number of hydrogen-bond acceptors (Lipinski definition) is 4. The molecule has 0 aromatic heterocycles. The summed E-state index contributed by atoms with van der Waals surface area (Å²) < 4.78 is 10.5. The molecule has 112 valence electrons. The Kier molecular flexibility index (Phi) is 5.08. The number of anilines is 1. The summed E-state index contributed by atoms with van der Waals surface area (Å²) in [4.78, 5) is 22.6. The average Bonchev–Trinajstić information content (AvgIpc) is 2.48. The number of carbonyl (C=O) groups excluding carboxylic acids is 1. The van der Waals surface area contributed by atoms with Gasteiger partial charge in [-0.05, 0) is 30.2 Å². The highest BCUT2D eigenvalue weighted by molar-refractivity contribution is 5.95. The van der Waals surface area contributed by atoms with Crippen molar-refractivity contribution in [2.45, 2.75) is 13.0 Å². The number of carbonyl (C=O) groups is 2. The van der Waals surface area contributed by atoms with Crippen molar-refractivity contribution < 1.29 is 24.2 Å². The van der Waals surface area contributed by atoms with E-state index in [0.717, 1.165) is 11.6 Å². The van der Waals surface area contributed by atoms with Crippen LogP contribution in [0.1, 0.15) is 11.1 Å². The van der Waals surface area contributed by atoms with Crippen molar-refractivity contribution in [3.8, 4) is 0 Å². The number of aryl methyl sites for hydroxylation is 1. The van der Waals surface area contributed by atoms with E-state index < -0.39 is 12.1 Å². The maximum Gasteiger partial charge on any atom is 0.328 e. The Labute approximate surface area is 122 Å². The minimum Gasteiger partial charge on any atom is -0.478 e. The summed E-state index contributed by atoms with van der Waals surface area (Å²) in [6, 6.07) is 5.32. The zero-order valence-electron chi connectivity index (χ0n) is 11.7. The molecule has 1 heterocycles. The molecule has 1 fully saturated rings. The molecule has 0 saturated carbocycles. The molecular weight excluding hydrogens is 274 g/mol. The van der Waals surface area contributed by atoms with Crippen LogP contribution in [0.2, 0.25) is 0 Å². The zero-order valence-corrected chi connectivity index (χ0v) is 11.7. The van der Waals surface area contributed by atoms with E-state index in [2.05, 4.69) is 5.32 Å². The van der Waals surface area contributed by atoms with Crippen LogP contribution in [0.3, 0.4) is 0 Å². The first-order chi connectivity index (χ1) is 10.1. The fraction of sp³-hybridized carbons (Fsp3) is 0.333. The van der Waals surface area contributed by atoms with Crippen LogP contribution in [0.25, 0.3) is 6.08 Å². The van der Waals surface area contributed by atoms with Gasteiger partial charge >= 0.3 is 5.97 Å². The summed E-state index contributed by atoms with van der Waals surface area (Å²) in [5, 5.41) is 11.4. The first-order valence-electron chi connectivity index (χ1n) is 6.58. The van der Waals surface area contributed by atoms with E-state index in [1.54, 1.807) is 12.1 Å². The van der Waals surface area contributed by atoms with Crippen LogP contribution in [0.5, 0.6) is 0 Å². The van der Waals surface area contributed by atoms with Crippen LogP contribution < -0.4 is 5.32 Å². The van der Waals surface area contributed by atoms with E-state index in [4.69, 9.17) is 14.6 Å². The molecule has 6 heteroatoms. The SMILES string of the molecule is Cc1ccc(C=CC(=O)O)cc1NC(=O)C1COCCO1. The molecular formula is C15H17NO5.